The van der Waals surface area contributed by atoms with E-state index in [-0.39, 0.29) is 17.4 Å². The van der Waals surface area contributed by atoms with Gasteiger partial charge in [0.2, 0.25) is 5.88 Å². The van der Waals surface area contributed by atoms with E-state index in [9.17, 15) is 13.2 Å². The molecular weight excluding hydrogens is 426 g/mol. The van der Waals surface area contributed by atoms with Crippen LogP contribution >= 0.6 is 11.6 Å². The number of sulfone groups is 1. The maximum atomic E-state index is 12.8. The molecule has 1 aromatic carbocycles. The van der Waals surface area contributed by atoms with Crippen LogP contribution < -0.4 is 10.1 Å². The lowest BCUT2D eigenvalue weighted by molar-refractivity contribution is 0.0943. The average Bonchev–Trinajstić information content (AvgIpc) is 3.22. The molecule has 1 aliphatic rings. The molecule has 0 radical (unpaired) electrons. The number of nitrogens with one attached hydrogen (secondary N) is 1. The Labute approximate surface area is 181 Å². The lowest BCUT2D eigenvalue weighted by atomic mass is 10.1. The Morgan fingerprint density at radius 1 is 1.30 bits per heavy atom. The topological polar surface area (TPSA) is 98.2 Å². The van der Waals surface area contributed by atoms with Crippen molar-refractivity contribution in [3.63, 3.8) is 0 Å². The van der Waals surface area contributed by atoms with Gasteiger partial charge in [0.15, 0.2) is 9.84 Å². The number of ether oxygens (including phenoxy) is 1. The molecule has 1 atom stereocenters. The van der Waals surface area contributed by atoms with Crippen LogP contribution in [0.15, 0.2) is 41.9 Å². The molecule has 1 unspecified atom stereocenters. The van der Waals surface area contributed by atoms with Crippen molar-refractivity contribution in [2.45, 2.75) is 44.6 Å². The van der Waals surface area contributed by atoms with Crippen molar-refractivity contribution in [3.05, 3.63) is 58.4 Å². The monoisotopic (exact) mass is 449 g/mol. The van der Waals surface area contributed by atoms with Crippen LogP contribution in [0.25, 0.3) is 0 Å². The third kappa shape index (κ3) is 6.03. The molecule has 1 amide bonds. The first-order valence-electron chi connectivity index (χ1n) is 9.71. The number of carbonyl (C=O) groups is 1. The first-order valence-corrected chi connectivity index (χ1v) is 12.0. The number of para-hydroxylation sites is 1. The molecule has 7 nitrogen and oxygen atoms in total. The number of benzene rings is 1. The lowest BCUT2D eigenvalue weighted by Crippen LogP contribution is -2.31. The van der Waals surface area contributed by atoms with E-state index < -0.39 is 21.8 Å². The second kappa shape index (κ2) is 9.57. The second-order valence-electron chi connectivity index (χ2n) is 7.38. The van der Waals surface area contributed by atoms with Gasteiger partial charge in [0.1, 0.15) is 17.1 Å². The summed E-state index contributed by atoms with van der Waals surface area (Å²) in [6, 6.07) is 6.42. The largest absolute Gasteiger partial charge is 0.436 e. The van der Waals surface area contributed by atoms with Gasteiger partial charge in [-0.2, -0.15) is 4.98 Å². The molecular formula is C21H24ClN3O4S. The number of aromatic nitrogens is 2. The fourth-order valence-electron chi connectivity index (χ4n) is 3.22. The fraction of sp³-hybridized carbons (Fsp3) is 0.381. The van der Waals surface area contributed by atoms with E-state index in [1.165, 1.54) is 12.3 Å². The summed E-state index contributed by atoms with van der Waals surface area (Å²) in [7, 11) is -3.28. The Morgan fingerprint density at radius 3 is 2.67 bits per heavy atom. The van der Waals surface area contributed by atoms with E-state index in [0.717, 1.165) is 37.3 Å². The molecule has 0 saturated heterocycles. The van der Waals surface area contributed by atoms with Gasteiger partial charge in [0.25, 0.3) is 5.91 Å². The van der Waals surface area contributed by atoms with Crippen LogP contribution in [0, 0.1) is 0 Å². The molecule has 160 valence electrons. The van der Waals surface area contributed by atoms with Gasteiger partial charge in [-0.25, -0.2) is 13.4 Å². The van der Waals surface area contributed by atoms with E-state index in [1.54, 1.807) is 31.2 Å². The Balaban J connectivity index is 1.89. The summed E-state index contributed by atoms with van der Waals surface area (Å²) in [6.07, 6.45) is 8.20. The molecule has 1 N–H and O–H groups in total. The number of amides is 1. The van der Waals surface area contributed by atoms with Crippen LogP contribution in [-0.2, 0) is 9.84 Å². The van der Waals surface area contributed by atoms with Crippen LogP contribution in [0.2, 0.25) is 5.02 Å². The number of halogens is 1. The standard InChI is InChI=1S/C21H24ClN3O4S/c1-14(11-12-30(2,27)28)24-20(26)16-13-23-19(15-7-3-4-8-15)25-21(16)29-18-10-6-5-9-17(18)22/h5-6,9-15H,3-4,7-8H2,1-2H3,(H,24,26)/b12-11+. The van der Waals surface area contributed by atoms with Crippen molar-refractivity contribution in [1.82, 2.24) is 15.3 Å². The Bertz CT molecular complexity index is 1050. The number of nitrogens with zero attached hydrogens (tertiary/aromatic N) is 2. The molecule has 1 heterocycles. The Kier molecular flexibility index (Phi) is 7.10. The summed E-state index contributed by atoms with van der Waals surface area (Å²) in [4.78, 5) is 21.8. The highest BCUT2D eigenvalue weighted by atomic mass is 35.5. The third-order valence-corrected chi connectivity index (χ3v) is 5.72. The summed E-state index contributed by atoms with van der Waals surface area (Å²) in [5, 5.41) is 4.17. The van der Waals surface area contributed by atoms with E-state index in [0.29, 0.717) is 16.6 Å². The summed E-state index contributed by atoms with van der Waals surface area (Å²) in [5.41, 5.74) is 0.149. The number of hydrogen-bond donors (Lipinski definition) is 1. The van der Waals surface area contributed by atoms with Crippen LogP contribution in [0.5, 0.6) is 11.6 Å². The molecule has 2 aromatic rings. The van der Waals surface area contributed by atoms with Gasteiger partial charge >= 0.3 is 0 Å². The minimum Gasteiger partial charge on any atom is -0.436 e. The first kappa shape index (κ1) is 22.2. The van der Waals surface area contributed by atoms with Crippen LogP contribution in [0.4, 0.5) is 0 Å². The van der Waals surface area contributed by atoms with E-state index >= 15 is 0 Å². The van der Waals surface area contributed by atoms with Gasteiger partial charge in [-0.05, 0) is 31.9 Å². The van der Waals surface area contributed by atoms with Gasteiger partial charge in [-0.15, -0.1) is 0 Å². The van der Waals surface area contributed by atoms with Crippen molar-refractivity contribution in [2.75, 3.05) is 6.26 Å². The van der Waals surface area contributed by atoms with Gasteiger partial charge in [0, 0.05) is 29.8 Å². The molecule has 0 bridgehead atoms. The quantitative estimate of drug-likeness (QED) is 0.678. The maximum absolute atomic E-state index is 12.8. The molecule has 1 fully saturated rings. The predicted molar refractivity (Wildman–Crippen MR) is 116 cm³/mol. The zero-order valence-corrected chi connectivity index (χ0v) is 18.4. The maximum Gasteiger partial charge on any atom is 0.258 e. The van der Waals surface area contributed by atoms with Crippen LogP contribution in [0.3, 0.4) is 0 Å². The molecule has 0 aliphatic heterocycles. The number of rotatable bonds is 7. The van der Waals surface area contributed by atoms with E-state index in [4.69, 9.17) is 16.3 Å². The van der Waals surface area contributed by atoms with Gasteiger partial charge < -0.3 is 10.1 Å². The van der Waals surface area contributed by atoms with Gasteiger partial charge in [-0.1, -0.05) is 42.7 Å². The van der Waals surface area contributed by atoms with Crippen LogP contribution in [0.1, 0.15) is 54.7 Å². The highest BCUT2D eigenvalue weighted by Crippen LogP contribution is 2.35. The summed E-state index contributed by atoms with van der Waals surface area (Å²) in [6.45, 7) is 1.67. The van der Waals surface area contributed by atoms with Gasteiger partial charge in [0.05, 0.1) is 5.02 Å². The molecule has 1 aliphatic carbocycles. The normalized spacial score (nSPS) is 16.0. The molecule has 0 spiro atoms. The molecule has 3 rings (SSSR count). The minimum atomic E-state index is -3.28. The molecule has 9 heteroatoms. The van der Waals surface area contributed by atoms with Crippen molar-refractivity contribution in [1.29, 1.82) is 0 Å². The van der Waals surface area contributed by atoms with Crippen molar-refractivity contribution >= 4 is 27.3 Å². The summed E-state index contributed by atoms with van der Waals surface area (Å²) >= 11 is 6.21. The second-order valence-corrected chi connectivity index (χ2v) is 9.72. The Hall–Kier alpha value is -2.45. The van der Waals surface area contributed by atoms with E-state index in [2.05, 4.69) is 15.3 Å². The summed E-state index contributed by atoms with van der Waals surface area (Å²) in [5.74, 6) is 0.926. The molecule has 30 heavy (non-hydrogen) atoms. The van der Waals surface area contributed by atoms with Gasteiger partial charge in [-0.3, -0.25) is 4.79 Å². The average molecular weight is 450 g/mol. The van der Waals surface area contributed by atoms with E-state index in [1.807, 2.05) is 0 Å². The first-order chi connectivity index (χ1) is 14.2. The molecule has 1 aromatic heterocycles. The minimum absolute atomic E-state index is 0.122. The highest BCUT2D eigenvalue weighted by Gasteiger charge is 2.24. The van der Waals surface area contributed by atoms with Crippen molar-refractivity contribution in [3.8, 4) is 11.6 Å². The SMILES string of the molecule is CC(/C=C/S(C)(=O)=O)NC(=O)c1cnc(C2CCCC2)nc1Oc1ccccc1Cl. The fourth-order valence-corrected chi connectivity index (χ4v) is 3.91. The van der Waals surface area contributed by atoms with Crippen molar-refractivity contribution < 1.29 is 17.9 Å². The van der Waals surface area contributed by atoms with Crippen molar-refractivity contribution in [2.24, 2.45) is 0 Å². The highest BCUT2D eigenvalue weighted by molar-refractivity contribution is 7.93. The lowest BCUT2D eigenvalue weighted by Gasteiger charge is -2.15. The number of hydrogen-bond acceptors (Lipinski definition) is 6. The third-order valence-electron chi connectivity index (χ3n) is 4.75. The van der Waals surface area contributed by atoms with Crippen LogP contribution in [-0.4, -0.2) is 36.6 Å². The predicted octanol–water partition coefficient (Wildman–Crippen LogP) is 4.26. The summed E-state index contributed by atoms with van der Waals surface area (Å²) < 4.78 is 28.5. The molecule has 1 saturated carbocycles. The smallest absolute Gasteiger partial charge is 0.258 e. The zero-order valence-electron chi connectivity index (χ0n) is 16.8. The zero-order chi connectivity index (χ0) is 21.7. The Morgan fingerprint density at radius 2 is 2.00 bits per heavy atom. The number of carbonyl (C=O) groups excluding carboxylic acids is 1.